The topological polar surface area (TPSA) is 75.4 Å². The molecule has 0 saturated heterocycles. The Kier molecular flexibility index (Phi) is 6.70. The zero-order valence-electron chi connectivity index (χ0n) is 18.7. The van der Waals surface area contributed by atoms with Gasteiger partial charge in [-0.15, -0.1) is 0 Å². The number of aliphatic hydroxyl groups is 1. The normalized spacial score (nSPS) is 15.2. The number of nitrogens with zero attached hydrogens (tertiary/aromatic N) is 3. The lowest BCUT2D eigenvalue weighted by molar-refractivity contribution is -0.135. The Bertz CT molecular complexity index is 1130. The van der Waals surface area contributed by atoms with Crippen molar-refractivity contribution in [2.24, 2.45) is 0 Å². The van der Waals surface area contributed by atoms with Crippen LogP contribution < -0.4 is 5.56 Å². The first kappa shape index (κ1) is 22.2. The van der Waals surface area contributed by atoms with Gasteiger partial charge in [-0.25, -0.2) is 4.98 Å². The van der Waals surface area contributed by atoms with E-state index in [9.17, 15) is 14.7 Å². The second-order valence-corrected chi connectivity index (χ2v) is 8.90. The number of aromatic nitrogens is 2. The molecular weight excluding hydrogens is 402 g/mol. The maximum atomic E-state index is 13.2. The molecule has 32 heavy (non-hydrogen) atoms. The number of carbonyl (C=O) groups is 1. The van der Waals surface area contributed by atoms with Gasteiger partial charge in [0, 0.05) is 26.1 Å². The minimum absolute atomic E-state index is 0.00799. The predicted octanol–water partition coefficient (Wildman–Crippen LogP) is 3.82. The molecule has 1 N–H and O–H groups in total. The van der Waals surface area contributed by atoms with Crippen molar-refractivity contribution in [1.82, 2.24) is 14.5 Å². The summed E-state index contributed by atoms with van der Waals surface area (Å²) in [7, 11) is 0. The molecular formula is C26H31N3O3. The van der Waals surface area contributed by atoms with Gasteiger partial charge >= 0.3 is 0 Å². The largest absolute Gasteiger partial charge is 0.388 e. The maximum absolute atomic E-state index is 13.2. The average molecular weight is 434 g/mol. The van der Waals surface area contributed by atoms with Crippen LogP contribution in [0.4, 0.5) is 0 Å². The van der Waals surface area contributed by atoms with Gasteiger partial charge in [-0.3, -0.25) is 14.2 Å². The van der Waals surface area contributed by atoms with E-state index in [-0.39, 0.29) is 11.5 Å². The van der Waals surface area contributed by atoms with Crippen LogP contribution in [0.3, 0.4) is 0 Å². The molecule has 0 atom stereocenters. The van der Waals surface area contributed by atoms with Gasteiger partial charge in [-0.05, 0) is 43.9 Å². The number of carbonyl (C=O) groups excluding carboxylic acids is 1. The Balaban J connectivity index is 1.45. The number of rotatable bonds is 8. The Hall–Kier alpha value is -2.99. The third-order valence-electron chi connectivity index (χ3n) is 6.41. The quantitative estimate of drug-likeness (QED) is 0.586. The van der Waals surface area contributed by atoms with E-state index >= 15 is 0 Å². The molecule has 0 unspecified atom stereocenters. The SMILES string of the molecule is Cc1nc2ccccc2c(=O)n1CCCC(=O)N(Cc1ccccc1)CC1(O)CCCC1. The van der Waals surface area contributed by atoms with E-state index in [0.29, 0.717) is 49.2 Å². The zero-order valence-corrected chi connectivity index (χ0v) is 18.7. The molecule has 4 rings (SSSR count). The van der Waals surface area contributed by atoms with Gasteiger partial charge in [0.15, 0.2) is 0 Å². The van der Waals surface area contributed by atoms with Crippen molar-refractivity contribution in [2.75, 3.05) is 6.54 Å². The molecule has 1 heterocycles. The number of benzene rings is 2. The first-order valence-corrected chi connectivity index (χ1v) is 11.5. The van der Waals surface area contributed by atoms with E-state index in [1.807, 2.05) is 55.5 Å². The fourth-order valence-electron chi connectivity index (χ4n) is 4.67. The summed E-state index contributed by atoms with van der Waals surface area (Å²) in [5, 5.41) is 11.5. The van der Waals surface area contributed by atoms with E-state index < -0.39 is 5.60 Å². The lowest BCUT2D eigenvalue weighted by Crippen LogP contribution is -2.43. The number of amides is 1. The van der Waals surface area contributed by atoms with Crippen LogP contribution in [-0.2, 0) is 17.9 Å². The standard InChI is InChI=1S/C26H31N3O3/c1-20-27-23-13-6-5-12-22(23)25(31)29(20)17-9-14-24(30)28(18-21-10-3-2-4-11-21)19-26(32)15-7-8-16-26/h2-6,10-13,32H,7-9,14-19H2,1H3. The van der Waals surface area contributed by atoms with Crippen LogP contribution in [0, 0.1) is 6.92 Å². The Labute approximate surface area is 188 Å². The van der Waals surface area contributed by atoms with Crippen LogP contribution in [0.5, 0.6) is 0 Å². The highest BCUT2D eigenvalue weighted by atomic mass is 16.3. The molecule has 3 aromatic rings. The number of hydrogen-bond donors (Lipinski definition) is 1. The van der Waals surface area contributed by atoms with E-state index in [0.717, 1.165) is 31.2 Å². The molecule has 0 spiro atoms. The third-order valence-corrected chi connectivity index (χ3v) is 6.41. The van der Waals surface area contributed by atoms with Crippen LogP contribution in [0.2, 0.25) is 0 Å². The van der Waals surface area contributed by atoms with Crippen molar-refractivity contribution in [3.05, 3.63) is 76.3 Å². The molecule has 0 radical (unpaired) electrons. The molecule has 2 aromatic carbocycles. The van der Waals surface area contributed by atoms with Crippen molar-refractivity contribution in [1.29, 1.82) is 0 Å². The number of hydrogen-bond acceptors (Lipinski definition) is 4. The zero-order chi connectivity index (χ0) is 22.6. The summed E-state index contributed by atoms with van der Waals surface area (Å²) in [6.45, 7) is 3.11. The van der Waals surface area contributed by atoms with E-state index in [1.165, 1.54) is 0 Å². The first-order valence-electron chi connectivity index (χ1n) is 11.5. The number of fused-ring (bicyclic) bond motifs is 1. The Morgan fingerprint density at radius 2 is 1.78 bits per heavy atom. The summed E-state index contributed by atoms with van der Waals surface area (Å²) in [4.78, 5) is 32.4. The van der Waals surface area contributed by atoms with Crippen LogP contribution in [0.1, 0.15) is 49.9 Å². The van der Waals surface area contributed by atoms with Crippen molar-refractivity contribution in [3.63, 3.8) is 0 Å². The lowest BCUT2D eigenvalue weighted by Gasteiger charge is -2.31. The Morgan fingerprint density at radius 3 is 2.53 bits per heavy atom. The summed E-state index contributed by atoms with van der Waals surface area (Å²) < 4.78 is 1.65. The summed E-state index contributed by atoms with van der Waals surface area (Å²) in [6.07, 6.45) is 4.35. The molecule has 168 valence electrons. The molecule has 1 amide bonds. The van der Waals surface area contributed by atoms with Crippen molar-refractivity contribution >= 4 is 16.8 Å². The minimum Gasteiger partial charge on any atom is -0.388 e. The highest BCUT2D eigenvalue weighted by Crippen LogP contribution is 2.31. The van der Waals surface area contributed by atoms with Gasteiger partial charge in [0.1, 0.15) is 5.82 Å². The predicted molar refractivity (Wildman–Crippen MR) is 125 cm³/mol. The number of para-hydroxylation sites is 1. The fraction of sp³-hybridized carbons (Fsp3) is 0.423. The molecule has 1 aliphatic carbocycles. The van der Waals surface area contributed by atoms with Crippen LogP contribution in [0.15, 0.2) is 59.4 Å². The molecule has 1 fully saturated rings. The maximum Gasteiger partial charge on any atom is 0.261 e. The highest BCUT2D eigenvalue weighted by molar-refractivity contribution is 5.77. The van der Waals surface area contributed by atoms with Gasteiger partial charge < -0.3 is 10.0 Å². The summed E-state index contributed by atoms with van der Waals surface area (Å²) >= 11 is 0. The van der Waals surface area contributed by atoms with E-state index in [4.69, 9.17) is 0 Å². The van der Waals surface area contributed by atoms with E-state index in [2.05, 4.69) is 4.98 Å². The van der Waals surface area contributed by atoms with Gasteiger partial charge in [0.05, 0.1) is 16.5 Å². The molecule has 6 nitrogen and oxygen atoms in total. The summed E-state index contributed by atoms with van der Waals surface area (Å²) in [5.41, 5.74) is 0.886. The van der Waals surface area contributed by atoms with Crippen LogP contribution in [-0.4, -0.2) is 37.6 Å². The Morgan fingerprint density at radius 1 is 1.09 bits per heavy atom. The molecule has 0 aliphatic heterocycles. The van der Waals surface area contributed by atoms with Gasteiger partial charge in [0.2, 0.25) is 5.91 Å². The average Bonchev–Trinajstić information content (AvgIpc) is 3.22. The minimum atomic E-state index is -0.791. The van der Waals surface area contributed by atoms with Crippen molar-refractivity contribution < 1.29 is 9.90 Å². The second-order valence-electron chi connectivity index (χ2n) is 8.90. The second kappa shape index (κ2) is 9.65. The summed E-state index contributed by atoms with van der Waals surface area (Å²) in [6, 6.07) is 17.2. The lowest BCUT2D eigenvalue weighted by atomic mass is 10.0. The molecule has 1 saturated carbocycles. The van der Waals surface area contributed by atoms with Crippen molar-refractivity contribution in [3.8, 4) is 0 Å². The fourth-order valence-corrected chi connectivity index (χ4v) is 4.67. The molecule has 1 aromatic heterocycles. The van der Waals surface area contributed by atoms with E-state index in [1.54, 1.807) is 15.5 Å². The summed E-state index contributed by atoms with van der Waals surface area (Å²) in [5.74, 6) is 0.663. The smallest absolute Gasteiger partial charge is 0.261 e. The van der Waals surface area contributed by atoms with Gasteiger partial charge in [-0.2, -0.15) is 0 Å². The van der Waals surface area contributed by atoms with Gasteiger partial charge in [0.25, 0.3) is 5.56 Å². The van der Waals surface area contributed by atoms with Crippen LogP contribution in [0.25, 0.3) is 10.9 Å². The molecule has 6 heteroatoms. The third kappa shape index (κ3) is 5.07. The van der Waals surface area contributed by atoms with Gasteiger partial charge in [-0.1, -0.05) is 55.3 Å². The first-order chi connectivity index (χ1) is 15.5. The molecule has 0 bridgehead atoms. The number of aryl methyl sites for hydroxylation is 1. The monoisotopic (exact) mass is 433 g/mol. The molecule has 1 aliphatic rings. The highest BCUT2D eigenvalue weighted by Gasteiger charge is 2.34. The van der Waals surface area contributed by atoms with Crippen molar-refractivity contribution in [2.45, 2.75) is 64.1 Å². The van der Waals surface area contributed by atoms with Crippen LogP contribution >= 0.6 is 0 Å².